The van der Waals surface area contributed by atoms with Crippen molar-refractivity contribution in [3.8, 4) is 0 Å². The molecule has 1 N–H and O–H groups in total. The molecule has 124 valence electrons. The number of benzene rings is 1. The second-order valence-corrected chi connectivity index (χ2v) is 7.60. The molecule has 0 aliphatic carbocycles. The van der Waals surface area contributed by atoms with Crippen LogP contribution in [0.4, 0.5) is 5.82 Å². The third kappa shape index (κ3) is 2.63. The minimum atomic E-state index is -3.50. The third-order valence-electron chi connectivity index (χ3n) is 4.24. The van der Waals surface area contributed by atoms with E-state index in [4.69, 9.17) is 0 Å². The van der Waals surface area contributed by atoms with Gasteiger partial charge in [0.2, 0.25) is 10.0 Å². The molecule has 0 spiro atoms. The maximum Gasteiger partial charge on any atom is 0.243 e. The van der Waals surface area contributed by atoms with Gasteiger partial charge in [-0.2, -0.15) is 4.31 Å². The highest BCUT2D eigenvalue weighted by Gasteiger charge is 2.29. The molecule has 1 aliphatic heterocycles. The van der Waals surface area contributed by atoms with E-state index in [1.54, 1.807) is 30.7 Å². The van der Waals surface area contributed by atoms with Gasteiger partial charge in [0.1, 0.15) is 5.82 Å². The molecular weight excluding hydrogens is 326 g/mol. The number of sulfonamides is 1. The van der Waals surface area contributed by atoms with Crippen LogP contribution < -0.4 is 4.90 Å². The predicted molar refractivity (Wildman–Crippen MR) is 91.3 cm³/mol. The first-order chi connectivity index (χ1) is 11.6. The molecule has 1 fully saturated rings. The number of aromatic nitrogens is 3. The summed E-state index contributed by atoms with van der Waals surface area (Å²) >= 11 is 0. The summed E-state index contributed by atoms with van der Waals surface area (Å²) in [7, 11) is -3.50. The molecular formula is C16H17N5O2S. The first-order valence-electron chi connectivity index (χ1n) is 7.74. The summed E-state index contributed by atoms with van der Waals surface area (Å²) in [6.45, 7) is 2.14. The lowest BCUT2D eigenvalue weighted by atomic mass is 10.3. The number of aromatic amines is 1. The highest BCUT2D eigenvalue weighted by atomic mass is 32.2. The van der Waals surface area contributed by atoms with Gasteiger partial charge in [-0.15, -0.1) is 0 Å². The van der Waals surface area contributed by atoms with E-state index in [-0.39, 0.29) is 0 Å². The Labute approximate surface area is 140 Å². The molecule has 0 unspecified atom stereocenters. The van der Waals surface area contributed by atoms with E-state index in [0.29, 0.717) is 31.1 Å². The average molecular weight is 343 g/mol. The van der Waals surface area contributed by atoms with Crippen molar-refractivity contribution in [2.45, 2.75) is 4.90 Å². The van der Waals surface area contributed by atoms with Crippen molar-refractivity contribution in [3.63, 3.8) is 0 Å². The number of hydrogen-bond donors (Lipinski definition) is 1. The third-order valence-corrected chi connectivity index (χ3v) is 6.14. The summed E-state index contributed by atoms with van der Waals surface area (Å²) in [5, 5.41) is 0. The van der Waals surface area contributed by atoms with Crippen molar-refractivity contribution in [1.82, 2.24) is 19.3 Å². The number of imidazole rings is 1. The quantitative estimate of drug-likeness (QED) is 0.779. The zero-order valence-electron chi connectivity index (χ0n) is 13.0. The normalized spacial score (nSPS) is 16.6. The van der Waals surface area contributed by atoms with Gasteiger partial charge in [-0.05, 0) is 30.3 Å². The zero-order chi connectivity index (χ0) is 16.6. The molecule has 1 saturated heterocycles. The van der Waals surface area contributed by atoms with Gasteiger partial charge in [0.15, 0.2) is 0 Å². The average Bonchev–Trinajstić information content (AvgIpc) is 3.10. The molecule has 24 heavy (non-hydrogen) atoms. The van der Waals surface area contributed by atoms with E-state index in [2.05, 4.69) is 19.9 Å². The Bertz CT molecular complexity index is 947. The standard InChI is InChI=1S/C16H17N5O2S/c22-24(23,13-4-5-14-15(11-13)19-12-18-14)21-9-7-20(8-10-21)16-3-1-2-6-17-16/h1-6,11-12H,7-10H2,(H,18,19). The number of nitrogens with one attached hydrogen (secondary N) is 1. The highest BCUT2D eigenvalue weighted by Crippen LogP contribution is 2.22. The summed E-state index contributed by atoms with van der Waals surface area (Å²) < 4.78 is 27.2. The molecule has 1 aromatic carbocycles. The van der Waals surface area contributed by atoms with Crippen LogP contribution >= 0.6 is 0 Å². The molecule has 0 saturated carbocycles. The minimum Gasteiger partial charge on any atom is -0.354 e. The Balaban J connectivity index is 1.53. The fraction of sp³-hybridized carbons (Fsp3) is 0.250. The lowest BCUT2D eigenvalue weighted by molar-refractivity contribution is 0.384. The van der Waals surface area contributed by atoms with Crippen LogP contribution in [0.5, 0.6) is 0 Å². The summed E-state index contributed by atoms with van der Waals surface area (Å²) in [5.74, 6) is 0.883. The van der Waals surface area contributed by atoms with E-state index in [1.165, 1.54) is 4.31 Å². The van der Waals surface area contributed by atoms with E-state index < -0.39 is 10.0 Å². The monoisotopic (exact) mass is 343 g/mol. The number of pyridine rings is 1. The van der Waals surface area contributed by atoms with Crippen LogP contribution in [0.1, 0.15) is 0 Å². The molecule has 3 aromatic rings. The van der Waals surface area contributed by atoms with Gasteiger partial charge in [-0.25, -0.2) is 18.4 Å². The second kappa shape index (κ2) is 5.88. The van der Waals surface area contributed by atoms with Crippen LogP contribution in [-0.2, 0) is 10.0 Å². The van der Waals surface area contributed by atoms with Crippen molar-refractivity contribution in [2.24, 2.45) is 0 Å². The second-order valence-electron chi connectivity index (χ2n) is 5.66. The molecule has 2 aromatic heterocycles. The van der Waals surface area contributed by atoms with Gasteiger partial charge in [0.05, 0.1) is 22.3 Å². The molecule has 0 bridgehead atoms. The van der Waals surface area contributed by atoms with Crippen LogP contribution in [0.25, 0.3) is 11.0 Å². The molecule has 4 rings (SSSR count). The largest absolute Gasteiger partial charge is 0.354 e. The Morgan fingerprint density at radius 2 is 1.83 bits per heavy atom. The molecule has 3 heterocycles. The lowest BCUT2D eigenvalue weighted by Crippen LogP contribution is -2.48. The van der Waals surface area contributed by atoms with Crippen molar-refractivity contribution < 1.29 is 8.42 Å². The molecule has 8 heteroatoms. The van der Waals surface area contributed by atoms with E-state index in [0.717, 1.165) is 16.9 Å². The van der Waals surface area contributed by atoms with Crippen molar-refractivity contribution >= 4 is 26.9 Å². The molecule has 0 radical (unpaired) electrons. The Morgan fingerprint density at radius 1 is 1.00 bits per heavy atom. The van der Waals surface area contributed by atoms with Gasteiger partial charge >= 0.3 is 0 Å². The molecule has 1 aliphatic rings. The van der Waals surface area contributed by atoms with Gasteiger partial charge < -0.3 is 9.88 Å². The smallest absolute Gasteiger partial charge is 0.243 e. The molecule has 0 amide bonds. The maximum atomic E-state index is 12.9. The van der Waals surface area contributed by atoms with Gasteiger partial charge in [-0.3, -0.25) is 0 Å². The summed E-state index contributed by atoms with van der Waals surface area (Å²) in [6, 6.07) is 10.7. The fourth-order valence-corrected chi connectivity index (χ4v) is 4.37. The predicted octanol–water partition coefficient (Wildman–Crippen LogP) is 1.47. The Morgan fingerprint density at radius 3 is 2.58 bits per heavy atom. The van der Waals surface area contributed by atoms with Crippen molar-refractivity contribution in [3.05, 3.63) is 48.9 Å². The molecule has 0 atom stereocenters. The highest BCUT2D eigenvalue weighted by molar-refractivity contribution is 7.89. The van der Waals surface area contributed by atoms with E-state index >= 15 is 0 Å². The number of H-pyrrole nitrogens is 1. The maximum absolute atomic E-state index is 12.9. The van der Waals surface area contributed by atoms with Crippen molar-refractivity contribution in [2.75, 3.05) is 31.1 Å². The number of anilines is 1. The Kier molecular flexibility index (Phi) is 3.70. The number of hydrogen-bond acceptors (Lipinski definition) is 5. The zero-order valence-corrected chi connectivity index (χ0v) is 13.8. The van der Waals surface area contributed by atoms with Crippen LogP contribution in [0, 0.1) is 0 Å². The van der Waals surface area contributed by atoms with Gasteiger partial charge in [-0.1, -0.05) is 6.07 Å². The van der Waals surface area contributed by atoms with E-state index in [1.807, 2.05) is 18.2 Å². The minimum absolute atomic E-state index is 0.297. The van der Waals surface area contributed by atoms with Crippen molar-refractivity contribution in [1.29, 1.82) is 0 Å². The van der Waals surface area contributed by atoms with E-state index in [9.17, 15) is 8.42 Å². The first-order valence-corrected chi connectivity index (χ1v) is 9.18. The Hall–Kier alpha value is -2.45. The number of nitrogens with zero attached hydrogens (tertiary/aromatic N) is 4. The summed E-state index contributed by atoms with van der Waals surface area (Å²) in [4.78, 5) is 13.8. The molecule has 7 nitrogen and oxygen atoms in total. The van der Waals surface area contributed by atoms with Crippen LogP contribution in [0.2, 0.25) is 0 Å². The number of fused-ring (bicyclic) bond motifs is 1. The van der Waals surface area contributed by atoms with Crippen LogP contribution in [0.15, 0.2) is 53.8 Å². The number of rotatable bonds is 3. The van der Waals surface area contributed by atoms with Crippen LogP contribution in [-0.4, -0.2) is 53.9 Å². The number of piperazine rings is 1. The topological polar surface area (TPSA) is 82.2 Å². The SMILES string of the molecule is O=S(=O)(c1ccc2nc[nH]c2c1)N1CCN(c2ccccn2)CC1. The lowest BCUT2D eigenvalue weighted by Gasteiger charge is -2.34. The van der Waals surface area contributed by atoms with Gasteiger partial charge in [0.25, 0.3) is 0 Å². The fourth-order valence-electron chi connectivity index (χ4n) is 2.92. The summed E-state index contributed by atoms with van der Waals surface area (Å²) in [6.07, 6.45) is 3.31. The summed E-state index contributed by atoms with van der Waals surface area (Å²) in [5.41, 5.74) is 1.48. The first kappa shape index (κ1) is 15.1. The van der Waals surface area contributed by atoms with Gasteiger partial charge in [0, 0.05) is 32.4 Å². The van der Waals surface area contributed by atoms with Crippen LogP contribution in [0.3, 0.4) is 0 Å².